The van der Waals surface area contributed by atoms with Crippen LogP contribution in [0.4, 0.5) is 0 Å². The fourth-order valence-electron chi connectivity index (χ4n) is 2.38. The Morgan fingerprint density at radius 2 is 1.90 bits per heavy atom. The summed E-state index contributed by atoms with van der Waals surface area (Å²) in [6.45, 7) is 7.51. The number of aromatic nitrogens is 2. The minimum absolute atomic E-state index is 0.326. The number of rotatable bonds is 7. The van der Waals surface area contributed by atoms with E-state index in [2.05, 4.69) is 89.9 Å². The molecule has 21 heavy (non-hydrogen) atoms. The molecule has 0 saturated carbocycles. The molecular formula is C17H24IN3. The Morgan fingerprint density at radius 1 is 1.19 bits per heavy atom. The van der Waals surface area contributed by atoms with E-state index in [4.69, 9.17) is 5.10 Å². The number of likely N-dealkylation sites (N-methyl/N-ethyl adjacent to an activating group) is 1. The second-order valence-corrected chi connectivity index (χ2v) is 6.66. The maximum absolute atomic E-state index is 4.72. The zero-order valence-electron chi connectivity index (χ0n) is 13.0. The van der Waals surface area contributed by atoms with Gasteiger partial charge in [-0.2, -0.15) is 5.10 Å². The van der Waals surface area contributed by atoms with Gasteiger partial charge >= 0.3 is 0 Å². The molecule has 0 bridgehead atoms. The predicted molar refractivity (Wildman–Crippen MR) is 96.5 cm³/mol. The summed E-state index contributed by atoms with van der Waals surface area (Å²) in [6.07, 6.45) is 4.13. The molecule has 1 N–H and O–H groups in total. The van der Waals surface area contributed by atoms with Crippen molar-refractivity contribution >= 4 is 22.6 Å². The van der Waals surface area contributed by atoms with E-state index in [9.17, 15) is 0 Å². The standard InChI is InChI=1S/C17H24IN3/c1-4-13(3)21-11-10-16(20-21)12-17(19-5-2)14-6-8-15(18)9-7-14/h6-11,13,17,19H,4-5,12H2,1-3H3. The summed E-state index contributed by atoms with van der Waals surface area (Å²) in [5.41, 5.74) is 2.48. The molecule has 0 saturated heterocycles. The highest BCUT2D eigenvalue weighted by molar-refractivity contribution is 14.1. The normalized spacial score (nSPS) is 14.1. The number of hydrogen-bond acceptors (Lipinski definition) is 2. The molecule has 1 heterocycles. The van der Waals surface area contributed by atoms with Gasteiger partial charge in [0.15, 0.2) is 0 Å². The summed E-state index contributed by atoms with van der Waals surface area (Å²) in [5, 5.41) is 8.29. The zero-order chi connectivity index (χ0) is 15.2. The van der Waals surface area contributed by atoms with E-state index in [1.807, 2.05) is 0 Å². The van der Waals surface area contributed by atoms with Gasteiger partial charge in [0.2, 0.25) is 0 Å². The highest BCUT2D eigenvalue weighted by Crippen LogP contribution is 2.20. The quantitative estimate of drug-likeness (QED) is 0.704. The van der Waals surface area contributed by atoms with E-state index < -0.39 is 0 Å². The SMILES string of the molecule is CCNC(Cc1ccn(C(C)CC)n1)c1ccc(I)cc1. The first-order chi connectivity index (χ1) is 10.1. The van der Waals surface area contributed by atoms with Crippen LogP contribution in [0, 0.1) is 3.57 Å². The largest absolute Gasteiger partial charge is 0.310 e. The topological polar surface area (TPSA) is 29.9 Å². The van der Waals surface area contributed by atoms with Crippen LogP contribution < -0.4 is 5.32 Å². The van der Waals surface area contributed by atoms with Crippen LogP contribution in [-0.2, 0) is 6.42 Å². The number of hydrogen-bond donors (Lipinski definition) is 1. The number of nitrogens with zero attached hydrogens (tertiary/aromatic N) is 2. The molecule has 2 unspecified atom stereocenters. The average Bonchev–Trinajstić information content (AvgIpc) is 2.95. The van der Waals surface area contributed by atoms with E-state index in [-0.39, 0.29) is 0 Å². The number of halogens is 1. The third-order valence-electron chi connectivity index (χ3n) is 3.84. The van der Waals surface area contributed by atoms with Gasteiger partial charge < -0.3 is 5.32 Å². The van der Waals surface area contributed by atoms with Gasteiger partial charge in [-0.25, -0.2) is 0 Å². The highest BCUT2D eigenvalue weighted by atomic mass is 127. The van der Waals surface area contributed by atoms with Gasteiger partial charge in [0.25, 0.3) is 0 Å². The Bertz CT molecular complexity index is 547. The molecule has 0 spiro atoms. The second kappa shape index (κ2) is 7.94. The Hall–Kier alpha value is -0.880. The van der Waals surface area contributed by atoms with E-state index in [1.165, 1.54) is 9.13 Å². The van der Waals surface area contributed by atoms with Gasteiger partial charge in [0.05, 0.1) is 5.69 Å². The Kier molecular flexibility index (Phi) is 6.23. The van der Waals surface area contributed by atoms with E-state index in [0.29, 0.717) is 12.1 Å². The molecule has 1 aromatic heterocycles. The van der Waals surface area contributed by atoms with Crippen molar-refractivity contribution in [3.05, 3.63) is 51.4 Å². The van der Waals surface area contributed by atoms with Crippen LogP contribution in [0.1, 0.15) is 50.5 Å². The number of nitrogens with one attached hydrogen (secondary N) is 1. The van der Waals surface area contributed by atoms with Gasteiger partial charge in [-0.05, 0) is 66.2 Å². The van der Waals surface area contributed by atoms with Gasteiger partial charge in [0, 0.05) is 28.3 Å². The maximum Gasteiger partial charge on any atom is 0.0643 e. The monoisotopic (exact) mass is 397 g/mol. The lowest BCUT2D eigenvalue weighted by Crippen LogP contribution is -2.23. The molecule has 2 aromatic rings. The van der Waals surface area contributed by atoms with Crippen molar-refractivity contribution < 1.29 is 0 Å². The molecule has 0 aliphatic carbocycles. The molecule has 0 fully saturated rings. The summed E-state index contributed by atoms with van der Waals surface area (Å²) in [5.74, 6) is 0. The first-order valence-corrected chi connectivity index (χ1v) is 8.74. The molecule has 2 atom stereocenters. The zero-order valence-corrected chi connectivity index (χ0v) is 15.2. The fourth-order valence-corrected chi connectivity index (χ4v) is 2.74. The van der Waals surface area contributed by atoms with Crippen LogP contribution in [-0.4, -0.2) is 16.3 Å². The first-order valence-electron chi connectivity index (χ1n) is 7.66. The van der Waals surface area contributed by atoms with Crippen LogP contribution in [0.2, 0.25) is 0 Å². The molecule has 114 valence electrons. The van der Waals surface area contributed by atoms with Crippen molar-refractivity contribution in [3.63, 3.8) is 0 Å². The van der Waals surface area contributed by atoms with Gasteiger partial charge in [-0.3, -0.25) is 4.68 Å². The molecule has 3 nitrogen and oxygen atoms in total. The van der Waals surface area contributed by atoms with Crippen molar-refractivity contribution in [2.75, 3.05) is 6.54 Å². The first kappa shape index (κ1) is 16.5. The van der Waals surface area contributed by atoms with Crippen molar-refractivity contribution in [2.24, 2.45) is 0 Å². The smallest absolute Gasteiger partial charge is 0.0643 e. The number of benzene rings is 1. The van der Waals surface area contributed by atoms with E-state index in [0.717, 1.165) is 25.1 Å². The van der Waals surface area contributed by atoms with Crippen molar-refractivity contribution in [2.45, 2.75) is 45.7 Å². The summed E-state index contributed by atoms with van der Waals surface area (Å²) >= 11 is 2.34. The van der Waals surface area contributed by atoms with Gasteiger partial charge in [0.1, 0.15) is 0 Å². The van der Waals surface area contributed by atoms with Crippen LogP contribution in [0.5, 0.6) is 0 Å². The molecular weight excluding hydrogens is 373 g/mol. The third-order valence-corrected chi connectivity index (χ3v) is 4.56. The Balaban J connectivity index is 2.12. The summed E-state index contributed by atoms with van der Waals surface area (Å²) in [4.78, 5) is 0. The van der Waals surface area contributed by atoms with E-state index >= 15 is 0 Å². The van der Waals surface area contributed by atoms with Crippen molar-refractivity contribution in [3.8, 4) is 0 Å². The highest BCUT2D eigenvalue weighted by Gasteiger charge is 2.13. The molecule has 0 amide bonds. The molecule has 1 aromatic carbocycles. The van der Waals surface area contributed by atoms with Crippen molar-refractivity contribution in [1.29, 1.82) is 0 Å². The van der Waals surface area contributed by atoms with E-state index in [1.54, 1.807) is 0 Å². The summed E-state index contributed by atoms with van der Waals surface area (Å²) in [6, 6.07) is 11.7. The van der Waals surface area contributed by atoms with Crippen molar-refractivity contribution in [1.82, 2.24) is 15.1 Å². The summed E-state index contributed by atoms with van der Waals surface area (Å²) in [7, 11) is 0. The Morgan fingerprint density at radius 3 is 2.52 bits per heavy atom. The van der Waals surface area contributed by atoms with Crippen LogP contribution in [0.25, 0.3) is 0 Å². The second-order valence-electron chi connectivity index (χ2n) is 5.41. The lowest BCUT2D eigenvalue weighted by molar-refractivity contribution is 0.467. The van der Waals surface area contributed by atoms with Crippen LogP contribution in [0.3, 0.4) is 0 Å². The van der Waals surface area contributed by atoms with Crippen LogP contribution >= 0.6 is 22.6 Å². The minimum Gasteiger partial charge on any atom is -0.310 e. The maximum atomic E-state index is 4.72. The summed E-state index contributed by atoms with van der Waals surface area (Å²) < 4.78 is 3.35. The van der Waals surface area contributed by atoms with Gasteiger partial charge in [-0.1, -0.05) is 26.0 Å². The lowest BCUT2D eigenvalue weighted by atomic mass is 10.0. The average molecular weight is 397 g/mol. The minimum atomic E-state index is 0.326. The van der Waals surface area contributed by atoms with Crippen LogP contribution in [0.15, 0.2) is 36.5 Å². The predicted octanol–water partition coefficient (Wildman–Crippen LogP) is 4.35. The fraction of sp³-hybridized carbons (Fsp3) is 0.471. The Labute approximate surface area is 141 Å². The van der Waals surface area contributed by atoms with Gasteiger partial charge in [-0.15, -0.1) is 0 Å². The third kappa shape index (κ3) is 4.54. The molecule has 0 aliphatic heterocycles. The molecule has 0 aliphatic rings. The molecule has 0 radical (unpaired) electrons. The molecule has 4 heteroatoms. The molecule has 2 rings (SSSR count). The lowest BCUT2D eigenvalue weighted by Gasteiger charge is -2.17.